The molecule has 4 nitrogen and oxygen atoms in total. The molecule has 0 spiro atoms. The van der Waals surface area contributed by atoms with E-state index in [4.69, 9.17) is 5.73 Å². The van der Waals surface area contributed by atoms with Gasteiger partial charge in [0.25, 0.3) is 0 Å². The van der Waals surface area contributed by atoms with Gasteiger partial charge < -0.3 is 11.1 Å². The number of amides is 1. The van der Waals surface area contributed by atoms with E-state index < -0.39 is 5.82 Å². The summed E-state index contributed by atoms with van der Waals surface area (Å²) in [6.45, 7) is 1.46. The van der Waals surface area contributed by atoms with Crippen molar-refractivity contribution < 1.29 is 14.0 Å². The highest BCUT2D eigenvalue weighted by atomic mass is 19.1. The van der Waals surface area contributed by atoms with Crippen LogP contribution in [-0.4, -0.2) is 11.7 Å². The molecule has 0 unspecified atom stereocenters. The molecule has 5 heteroatoms. The Balaban J connectivity index is 2.06. The summed E-state index contributed by atoms with van der Waals surface area (Å²) in [5.41, 5.74) is 7.15. The van der Waals surface area contributed by atoms with Crippen LogP contribution in [0.4, 0.5) is 15.8 Å². The molecule has 3 N–H and O–H groups in total. The molecular weight excluding hydrogens is 283 g/mol. The Labute approximate surface area is 127 Å². The SMILES string of the molecule is CC(=O)c1cccc(NC(=O)/C=C/c2ccc(F)c(N)c2)c1. The number of Topliss-reactive ketones (excluding diaryl/α,β-unsaturated/α-hetero) is 1. The fraction of sp³-hybridized carbons (Fsp3) is 0.0588. The first-order valence-electron chi connectivity index (χ1n) is 6.61. The molecule has 2 aromatic carbocycles. The fourth-order valence-electron chi connectivity index (χ4n) is 1.84. The second-order valence-electron chi connectivity index (χ2n) is 4.74. The third-order valence-corrected chi connectivity index (χ3v) is 2.98. The first-order valence-corrected chi connectivity index (χ1v) is 6.61. The summed E-state index contributed by atoms with van der Waals surface area (Å²) < 4.78 is 13.0. The minimum absolute atomic E-state index is 0.0247. The van der Waals surface area contributed by atoms with E-state index in [0.29, 0.717) is 16.8 Å². The van der Waals surface area contributed by atoms with E-state index in [1.54, 1.807) is 24.3 Å². The molecule has 0 atom stereocenters. The summed E-state index contributed by atoms with van der Waals surface area (Å²) in [4.78, 5) is 23.1. The minimum Gasteiger partial charge on any atom is -0.396 e. The van der Waals surface area contributed by atoms with E-state index in [0.717, 1.165) is 0 Å². The van der Waals surface area contributed by atoms with Gasteiger partial charge >= 0.3 is 0 Å². The van der Waals surface area contributed by atoms with Crippen molar-refractivity contribution >= 4 is 29.1 Å². The van der Waals surface area contributed by atoms with Crippen molar-refractivity contribution in [3.05, 3.63) is 65.5 Å². The molecule has 0 saturated heterocycles. The van der Waals surface area contributed by atoms with E-state index in [-0.39, 0.29) is 17.4 Å². The van der Waals surface area contributed by atoms with Crippen molar-refractivity contribution in [2.75, 3.05) is 11.1 Å². The Bertz CT molecular complexity index is 754. The zero-order valence-electron chi connectivity index (χ0n) is 12.0. The normalized spacial score (nSPS) is 10.6. The van der Waals surface area contributed by atoms with Gasteiger partial charge in [-0.2, -0.15) is 0 Å². The molecule has 0 radical (unpaired) electrons. The number of ketones is 1. The zero-order valence-corrected chi connectivity index (χ0v) is 12.0. The number of anilines is 2. The molecule has 0 saturated carbocycles. The molecule has 112 valence electrons. The van der Waals surface area contributed by atoms with Crippen molar-refractivity contribution in [1.82, 2.24) is 0 Å². The molecule has 0 bridgehead atoms. The molecular formula is C17H15FN2O2. The Morgan fingerprint density at radius 3 is 2.64 bits per heavy atom. The van der Waals surface area contributed by atoms with Gasteiger partial charge in [-0.1, -0.05) is 18.2 Å². The number of rotatable bonds is 4. The molecule has 2 aromatic rings. The first-order chi connectivity index (χ1) is 10.5. The molecule has 0 aliphatic heterocycles. The third kappa shape index (κ3) is 4.02. The third-order valence-electron chi connectivity index (χ3n) is 2.98. The molecule has 0 heterocycles. The van der Waals surface area contributed by atoms with Crippen LogP contribution in [0.15, 0.2) is 48.5 Å². The van der Waals surface area contributed by atoms with Crippen molar-refractivity contribution in [2.24, 2.45) is 0 Å². The predicted octanol–water partition coefficient (Wildman–Crippen LogP) is 3.26. The maximum atomic E-state index is 13.0. The lowest BCUT2D eigenvalue weighted by molar-refractivity contribution is -0.111. The number of halogens is 1. The summed E-state index contributed by atoms with van der Waals surface area (Å²) in [5.74, 6) is -0.931. The maximum Gasteiger partial charge on any atom is 0.248 e. The summed E-state index contributed by atoms with van der Waals surface area (Å²) in [6, 6.07) is 10.9. The molecule has 0 aliphatic rings. The van der Waals surface area contributed by atoms with E-state index in [9.17, 15) is 14.0 Å². The van der Waals surface area contributed by atoms with Gasteiger partial charge in [-0.05, 0) is 42.8 Å². The Hall–Kier alpha value is -2.95. The van der Waals surface area contributed by atoms with Crippen LogP contribution in [0.25, 0.3) is 6.08 Å². The standard InChI is InChI=1S/C17H15FN2O2/c1-11(21)13-3-2-4-14(10-13)20-17(22)8-6-12-5-7-15(18)16(19)9-12/h2-10H,19H2,1H3,(H,20,22)/b8-6+. The molecule has 0 aromatic heterocycles. The van der Waals surface area contributed by atoms with Crippen LogP contribution in [0.3, 0.4) is 0 Å². The molecule has 2 rings (SSSR count). The lowest BCUT2D eigenvalue weighted by atomic mass is 10.1. The van der Waals surface area contributed by atoms with Crippen LogP contribution in [0.2, 0.25) is 0 Å². The summed E-state index contributed by atoms with van der Waals surface area (Å²) in [6.07, 6.45) is 2.84. The average molecular weight is 298 g/mol. The molecule has 22 heavy (non-hydrogen) atoms. The number of nitrogen functional groups attached to an aromatic ring is 1. The largest absolute Gasteiger partial charge is 0.396 e. The van der Waals surface area contributed by atoms with Crippen LogP contribution in [-0.2, 0) is 4.79 Å². The lowest BCUT2D eigenvalue weighted by Crippen LogP contribution is -2.08. The average Bonchev–Trinajstić information content (AvgIpc) is 2.49. The van der Waals surface area contributed by atoms with Gasteiger partial charge in [-0.15, -0.1) is 0 Å². The highest BCUT2D eigenvalue weighted by Crippen LogP contribution is 2.14. The van der Waals surface area contributed by atoms with Gasteiger partial charge in [-0.25, -0.2) is 4.39 Å². The van der Waals surface area contributed by atoms with Crippen molar-refractivity contribution in [2.45, 2.75) is 6.92 Å². The Morgan fingerprint density at radius 1 is 1.18 bits per heavy atom. The number of hydrogen-bond acceptors (Lipinski definition) is 3. The van der Waals surface area contributed by atoms with Gasteiger partial charge in [0.05, 0.1) is 5.69 Å². The van der Waals surface area contributed by atoms with Crippen LogP contribution in [0.1, 0.15) is 22.8 Å². The van der Waals surface area contributed by atoms with Crippen molar-refractivity contribution in [1.29, 1.82) is 0 Å². The smallest absolute Gasteiger partial charge is 0.248 e. The molecule has 1 amide bonds. The minimum atomic E-state index is -0.498. The highest BCUT2D eigenvalue weighted by molar-refractivity contribution is 6.03. The quantitative estimate of drug-likeness (QED) is 0.517. The van der Waals surface area contributed by atoms with Gasteiger partial charge in [0, 0.05) is 17.3 Å². The highest BCUT2D eigenvalue weighted by Gasteiger charge is 2.03. The van der Waals surface area contributed by atoms with Gasteiger partial charge in [0.15, 0.2) is 5.78 Å². The van der Waals surface area contributed by atoms with Crippen molar-refractivity contribution in [3.8, 4) is 0 Å². The number of hydrogen-bond donors (Lipinski definition) is 2. The lowest BCUT2D eigenvalue weighted by Gasteiger charge is -2.04. The fourth-order valence-corrected chi connectivity index (χ4v) is 1.84. The van der Waals surface area contributed by atoms with E-state index in [1.807, 2.05) is 0 Å². The van der Waals surface area contributed by atoms with Crippen LogP contribution in [0.5, 0.6) is 0 Å². The van der Waals surface area contributed by atoms with Gasteiger partial charge in [0.2, 0.25) is 5.91 Å². The summed E-state index contributed by atoms with van der Waals surface area (Å²) in [7, 11) is 0. The topological polar surface area (TPSA) is 72.2 Å². The number of carbonyl (C=O) groups excluding carboxylic acids is 2. The zero-order chi connectivity index (χ0) is 16.1. The second kappa shape index (κ2) is 6.67. The Kier molecular flexibility index (Phi) is 4.68. The second-order valence-corrected chi connectivity index (χ2v) is 4.74. The number of carbonyl (C=O) groups is 2. The monoisotopic (exact) mass is 298 g/mol. The summed E-state index contributed by atoms with van der Waals surface area (Å²) >= 11 is 0. The van der Waals surface area contributed by atoms with E-state index in [2.05, 4.69) is 5.32 Å². The van der Waals surface area contributed by atoms with Gasteiger partial charge in [0.1, 0.15) is 5.82 Å². The molecule has 0 fully saturated rings. The van der Waals surface area contributed by atoms with Gasteiger partial charge in [-0.3, -0.25) is 9.59 Å². The predicted molar refractivity (Wildman–Crippen MR) is 84.9 cm³/mol. The van der Waals surface area contributed by atoms with Crippen LogP contribution < -0.4 is 11.1 Å². The van der Waals surface area contributed by atoms with E-state index in [1.165, 1.54) is 37.3 Å². The number of nitrogens with one attached hydrogen (secondary N) is 1. The van der Waals surface area contributed by atoms with Crippen LogP contribution in [0, 0.1) is 5.82 Å². The molecule has 0 aliphatic carbocycles. The maximum absolute atomic E-state index is 13.0. The first kappa shape index (κ1) is 15.4. The number of nitrogens with two attached hydrogens (primary N) is 1. The summed E-state index contributed by atoms with van der Waals surface area (Å²) in [5, 5.41) is 2.65. The van der Waals surface area contributed by atoms with Crippen LogP contribution >= 0.6 is 0 Å². The van der Waals surface area contributed by atoms with Crippen molar-refractivity contribution in [3.63, 3.8) is 0 Å². The Morgan fingerprint density at radius 2 is 1.95 bits per heavy atom. The number of benzene rings is 2. The van der Waals surface area contributed by atoms with E-state index >= 15 is 0 Å².